The van der Waals surface area contributed by atoms with Crippen LogP contribution in [0.2, 0.25) is 0 Å². The molecular formula is C14H28O2. The molecule has 0 aromatic carbocycles. The Kier molecular flexibility index (Phi) is 4.07. The average molecular weight is 228 g/mol. The number of rotatable bonds is 4. The van der Waals surface area contributed by atoms with Crippen LogP contribution in [0.25, 0.3) is 0 Å². The summed E-state index contributed by atoms with van der Waals surface area (Å²) < 4.78 is 5.56. The number of aliphatic hydroxyl groups is 1. The number of ether oxygens (including phenoxy) is 1. The minimum Gasteiger partial charge on any atom is -0.387 e. The molecule has 1 rings (SSSR count). The molecule has 0 unspecified atom stereocenters. The standard InChI is InChI=1S/C14H28O2/c1-6-7-16-11-14(15)9-12(2,3)8-13(4,5)10-14/h15H,6-11H2,1-5H3. The van der Waals surface area contributed by atoms with Gasteiger partial charge in [0.15, 0.2) is 0 Å². The molecule has 1 N–H and O–H groups in total. The van der Waals surface area contributed by atoms with Crippen molar-refractivity contribution < 1.29 is 9.84 Å². The Labute approximate surface area is 100 Å². The van der Waals surface area contributed by atoms with Gasteiger partial charge in [0.2, 0.25) is 0 Å². The van der Waals surface area contributed by atoms with Crippen LogP contribution in [0.5, 0.6) is 0 Å². The molecule has 1 fully saturated rings. The first-order valence-electron chi connectivity index (χ1n) is 6.48. The molecule has 2 nitrogen and oxygen atoms in total. The summed E-state index contributed by atoms with van der Waals surface area (Å²) in [4.78, 5) is 0. The molecule has 0 aromatic rings. The maximum atomic E-state index is 10.6. The van der Waals surface area contributed by atoms with Gasteiger partial charge in [-0.25, -0.2) is 0 Å². The Morgan fingerprint density at radius 1 is 1.00 bits per heavy atom. The first-order valence-corrected chi connectivity index (χ1v) is 6.48. The summed E-state index contributed by atoms with van der Waals surface area (Å²) in [5, 5.41) is 10.6. The molecule has 0 spiro atoms. The van der Waals surface area contributed by atoms with Crippen LogP contribution >= 0.6 is 0 Å². The maximum Gasteiger partial charge on any atom is 0.0890 e. The van der Waals surface area contributed by atoms with Gasteiger partial charge >= 0.3 is 0 Å². The van der Waals surface area contributed by atoms with E-state index in [1.807, 2.05) is 0 Å². The summed E-state index contributed by atoms with van der Waals surface area (Å²) >= 11 is 0. The van der Waals surface area contributed by atoms with Crippen molar-refractivity contribution in [1.29, 1.82) is 0 Å². The highest BCUT2D eigenvalue weighted by atomic mass is 16.5. The van der Waals surface area contributed by atoms with Gasteiger partial charge in [-0.2, -0.15) is 0 Å². The first-order chi connectivity index (χ1) is 7.18. The molecule has 0 heterocycles. The van der Waals surface area contributed by atoms with E-state index in [0.717, 1.165) is 25.9 Å². The van der Waals surface area contributed by atoms with Crippen molar-refractivity contribution in [2.24, 2.45) is 10.8 Å². The Balaban J connectivity index is 2.64. The summed E-state index contributed by atoms with van der Waals surface area (Å²) in [5.41, 5.74) is -0.196. The van der Waals surface area contributed by atoms with E-state index in [-0.39, 0.29) is 10.8 Å². The lowest BCUT2D eigenvalue weighted by Gasteiger charge is -2.49. The normalized spacial score (nSPS) is 26.6. The topological polar surface area (TPSA) is 29.5 Å². The Bertz CT molecular complexity index is 215. The second-order valence-corrected chi connectivity index (χ2v) is 7.14. The smallest absolute Gasteiger partial charge is 0.0890 e. The first kappa shape index (κ1) is 14.0. The lowest BCUT2D eigenvalue weighted by Crippen LogP contribution is -2.48. The lowest BCUT2D eigenvalue weighted by atomic mass is 9.60. The summed E-state index contributed by atoms with van der Waals surface area (Å²) in [5.74, 6) is 0. The molecule has 0 radical (unpaired) electrons. The molecule has 0 saturated heterocycles. The summed E-state index contributed by atoms with van der Waals surface area (Å²) in [6, 6.07) is 0. The Morgan fingerprint density at radius 3 is 1.94 bits per heavy atom. The SMILES string of the molecule is CCCOCC1(O)CC(C)(C)CC(C)(C)C1. The van der Waals surface area contributed by atoms with Gasteiger partial charge < -0.3 is 9.84 Å². The number of hydrogen-bond donors (Lipinski definition) is 1. The molecule has 0 amide bonds. The summed E-state index contributed by atoms with van der Waals surface area (Å²) in [7, 11) is 0. The van der Waals surface area contributed by atoms with E-state index in [1.165, 1.54) is 6.42 Å². The molecule has 0 bridgehead atoms. The van der Waals surface area contributed by atoms with Crippen LogP contribution in [-0.4, -0.2) is 23.9 Å². The van der Waals surface area contributed by atoms with Gasteiger partial charge in [-0.1, -0.05) is 34.6 Å². The van der Waals surface area contributed by atoms with Crippen LogP contribution in [0.15, 0.2) is 0 Å². The van der Waals surface area contributed by atoms with Crippen molar-refractivity contribution in [2.45, 2.75) is 65.9 Å². The third-order valence-corrected chi connectivity index (χ3v) is 3.29. The Morgan fingerprint density at radius 2 is 1.50 bits per heavy atom. The van der Waals surface area contributed by atoms with E-state index in [4.69, 9.17) is 4.74 Å². The highest BCUT2D eigenvalue weighted by Gasteiger charge is 2.46. The van der Waals surface area contributed by atoms with Crippen LogP contribution in [0, 0.1) is 10.8 Å². The molecule has 16 heavy (non-hydrogen) atoms. The zero-order valence-corrected chi connectivity index (χ0v) is 11.6. The zero-order valence-electron chi connectivity index (χ0n) is 11.6. The summed E-state index contributed by atoms with van der Waals surface area (Å²) in [6.07, 6.45) is 3.90. The second kappa shape index (κ2) is 4.66. The van der Waals surface area contributed by atoms with Gasteiger partial charge in [-0.15, -0.1) is 0 Å². The minimum atomic E-state index is -0.625. The molecule has 1 aliphatic carbocycles. The van der Waals surface area contributed by atoms with Gasteiger partial charge in [-0.3, -0.25) is 0 Å². The molecule has 1 saturated carbocycles. The zero-order chi connectivity index (χ0) is 12.4. The van der Waals surface area contributed by atoms with Crippen molar-refractivity contribution in [3.63, 3.8) is 0 Å². The highest BCUT2D eigenvalue weighted by molar-refractivity contribution is 4.97. The van der Waals surface area contributed by atoms with E-state index < -0.39 is 5.60 Å². The van der Waals surface area contributed by atoms with E-state index in [9.17, 15) is 5.11 Å². The predicted octanol–water partition coefficient (Wildman–Crippen LogP) is 3.38. The fraction of sp³-hybridized carbons (Fsp3) is 1.00. The van der Waals surface area contributed by atoms with Gasteiger partial charge in [0.1, 0.15) is 0 Å². The van der Waals surface area contributed by atoms with Crippen LogP contribution in [0.1, 0.15) is 60.3 Å². The molecule has 96 valence electrons. The molecule has 1 aliphatic rings. The van der Waals surface area contributed by atoms with Gasteiger partial charge in [0.25, 0.3) is 0 Å². The molecule has 0 atom stereocenters. The van der Waals surface area contributed by atoms with E-state index in [0.29, 0.717) is 6.61 Å². The highest BCUT2D eigenvalue weighted by Crippen LogP contribution is 2.50. The van der Waals surface area contributed by atoms with Crippen LogP contribution in [0.3, 0.4) is 0 Å². The van der Waals surface area contributed by atoms with Gasteiger partial charge in [-0.05, 0) is 36.5 Å². The maximum absolute atomic E-state index is 10.6. The van der Waals surface area contributed by atoms with Crippen molar-refractivity contribution in [1.82, 2.24) is 0 Å². The minimum absolute atomic E-state index is 0.214. The van der Waals surface area contributed by atoms with Crippen LogP contribution < -0.4 is 0 Å². The Hall–Kier alpha value is -0.0800. The van der Waals surface area contributed by atoms with Crippen molar-refractivity contribution in [3.05, 3.63) is 0 Å². The van der Waals surface area contributed by atoms with Gasteiger partial charge in [0, 0.05) is 6.61 Å². The van der Waals surface area contributed by atoms with E-state index in [1.54, 1.807) is 0 Å². The second-order valence-electron chi connectivity index (χ2n) is 7.14. The fourth-order valence-electron chi connectivity index (χ4n) is 3.77. The summed E-state index contributed by atoms with van der Waals surface area (Å²) in [6.45, 7) is 12.3. The van der Waals surface area contributed by atoms with E-state index in [2.05, 4.69) is 34.6 Å². The fourth-order valence-corrected chi connectivity index (χ4v) is 3.77. The third kappa shape index (κ3) is 4.06. The predicted molar refractivity (Wildman–Crippen MR) is 67.5 cm³/mol. The van der Waals surface area contributed by atoms with Crippen LogP contribution in [0.4, 0.5) is 0 Å². The lowest BCUT2D eigenvalue weighted by molar-refractivity contribution is -0.127. The van der Waals surface area contributed by atoms with E-state index >= 15 is 0 Å². The third-order valence-electron chi connectivity index (χ3n) is 3.29. The average Bonchev–Trinajstić information content (AvgIpc) is 1.96. The molecule has 0 aliphatic heterocycles. The van der Waals surface area contributed by atoms with Crippen molar-refractivity contribution in [3.8, 4) is 0 Å². The molecule has 0 aromatic heterocycles. The van der Waals surface area contributed by atoms with Crippen LogP contribution in [-0.2, 0) is 4.74 Å². The van der Waals surface area contributed by atoms with Crippen molar-refractivity contribution >= 4 is 0 Å². The molecular weight excluding hydrogens is 200 g/mol. The van der Waals surface area contributed by atoms with Gasteiger partial charge in [0.05, 0.1) is 12.2 Å². The molecule has 2 heteroatoms. The largest absolute Gasteiger partial charge is 0.387 e. The van der Waals surface area contributed by atoms with Crippen molar-refractivity contribution in [2.75, 3.05) is 13.2 Å². The quantitative estimate of drug-likeness (QED) is 0.747. The monoisotopic (exact) mass is 228 g/mol. The number of hydrogen-bond acceptors (Lipinski definition) is 2.